The van der Waals surface area contributed by atoms with E-state index < -0.39 is 20.0 Å². The van der Waals surface area contributed by atoms with Crippen LogP contribution in [-0.4, -0.2) is 72.0 Å². The van der Waals surface area contributed by atoms with E-state index >= 15 is 0 Å². The molecule has 3 aromatic carbocycles. The fraction of sp³-hybridized carbons (Fsp3) is 0.389. The summed E-state index contributed by atoms with van der Waals surface area (Å²) in [6, 6.07) is 19.9. The number of aromatic nitrogens is 3. The van der Waals surface area contributed by atoms with E-state index in [2.05, 4.69) is 15.6 Å². The van der Waals surface area contributed by atoms with Crippen molar-refractivity contribution in [1.29, 1.82) is 0 Å². The SMILES string of the molecule is COc1ccc(C(=O)Nc2cccc(CN3C(=O)[C@@]4(O[C@@H](CCn5cc(CCO)nn5)[C@H]([Si](C)(C)O)[C@H]4C)c4cc(OC)ccc43)c2)cc1. The van der Waals surface area contributed by atoms with Gasteiger partial charge in [-0.15, -0.1) is 5.10 Å². The van der Waals surface area contributed by atoms with Crippen LogP contribution in [0.4, 0.5) is 11.4 Å². The van der Waals surface area contributed by atoms with E-state index in [1.165, 1.54) is 0 Å². The fourth-order valence-electron chi connectivity index (χ4n) is 7.42. The van der Waals surface area contributed by atoms with Crippen LogP contribution in [0.5, 0.6) is 11.5 Å². The van der Waals surface area contributed by atoms with Crippen LogP contribution in [0.2, 0.25) is 18.6 Å². The Hall–Kier alpha value is -4.56. The number of hydrogen-bond donors (Lipinski definition) is 3. The number of ether oxygens (including phenoxy) is 3. The van der Waals surface area contributed by atoms with Gasteiger partial charge in [-0.2, -0.15) is 0 Å². The van der Waals surface area contributed by atoms with E-state index in [0.29, 0.717) is 59.1 Å². The zero-order valence-corrected chi connectivity index (χ0v) is 29.4. The molecule has 12 nitrogen and oxygen atoms in total. The predicted octanol–water partition coefficient (Wildman–Crippen LogP) is 4.52. The largest absolute Gasteiger partial charge is 0.497 e. The van der Waals surface area contributed by atoms with E-state index in [9.17, 15) is 19.5 Å². The van der Waals surface area contributed by atoms with Gasteiger partial charge in [0, 0.05) is 54.0 Å². The quantitative estimate of drug-likeness (QED) is 0.183. The molecule has 1 saturated heterocycles. The smallest absolute Gasteiger partial charge is 0.264 e. The fourth-order valence-corrected chi connectivity index (χ4v) is 10.0. The van der Waals surface area contributed by atoms with E-state index in [1.54, 1.807) is 54.3 Å². The van der Waals surface area contributed by atoms with Crippen molar-refractivity contribution in [2.75, 3.05) is 31.0 Å². The van der Waals surface area contributed by atoms with Gasteiger partial charge in [-0.25, -0.2) is 0 Å². The number of methoxy groups -OCH3 is 2. The maximum Gasteiger partial charge on any atom is 0.264 e. The van der Waals surface area contributed by atoms with Crippen molar-refractivity contribution < 1.29 is 33.7 Å². The van der Waals surface area contributed by atoms with Gasteiger partial charge in [-0.05, 0) is 79.7 Å². The molecule has 49 heavy (non-hydrogen) atoms. The number of benzene rings is 3. The lowest BCUT2D eigenvalue weighted by atomic mass is 9.82. The molecule has 0 unspecified atom stereocenters. The first-order valence-electron chi connectivity index (χ1n) is 16.4. The first-order valence-corrected chi connectivity index (χ1v) is 19.5. The number of carbonyl (C=O) groups excluding carboxylic acids is 2. The van der Waals surface area contributed by atoms with Gasteiger partial charge >= 0.3 is 0 Å². The molecule has 0 bridgehead atoms. The van der Waals surface area contributed by atoms with Crippen LogP contribution in [0.15, 0.2) is 72.9 Å². The highest BCUT2D eigenvalue weighted by atomic mass is 28.4. The second-order valence-electron chi connectivity index (χ2n) is 13.3. The van der Waals surface area contributed by atoms with Crippen molar-refractivity contribution in [3.63, 3.8) is 0 Å². The zero-order chi connectivity index (χ0) is 34.9. The highest BCUT2D eigenvalue weighted by Gasteiger charge is 2.66. The van der Waals surface area contributed by atoms with E-state index in [0.717, 1.165) is 5.56 Å². The Morgan fingerprint density at radius 1 is 1.06 bits per heavy atom. The highest BCUT2D eigenvalue weighted by Crippen LogP contribution is 2.60. The summed E-state index contributed by atoms with van der Waals surface area (Å²) in [7, 11) is 0.296. The lowest BCUT2D eigenvalue weighted by Crippen LogP contribution is -2.46. The molecule has 6 rings (SSSR count). The average Bonchev–Trinajstić information content (AvgIpc) is 3.73. The molecule has 258 valence electrons. The maximum absolute atomic E-state index is 14.8. The van der Waals surface area contributed by atoms with Crippen LogP contribution in [0.1, 0.15) is 40.5 Å². The number of fused-ring (bicyclic) bond motifs is 2. The predicted molar refractivity (Wildman–Crippen MR) is 186 cm³/mol. The maximum atomic E-state index is 14.8. The van der Waals surface area contributed by atoms with Crippen molar-refractivity contribution >= 4 is 31.5 Å². The van der Waals surface area contributed by atoms with E-state index in [-0.39, 0.29) is 36.4 Å². The Bertz CT molecular complexity index is 1820. The molecule has 1 spiro atoms. The summed E-state index contributed by atoms with van der Waals surface area (Å²) < 4.78 is 19.5. The molecule has 0 saturated carbocycles. The molecule has 4 atom stereocenters. The van der Waals surface area contributed by atoms with Crippen LogP contribution in [0.25, 0.3) is 0 Å². The van der Waals surface area contributed by atoms with Crippen LogP contribution in [-0.2, 0) is 34.6 Å². The number of nitrogens with zero attached hydrogens (tertiary/aromatic N) is 4. The van der Waals surface area contributed by atoms with Gasteiger partial charge in [0.25, 0.3) is 11.8 Å². The number of aliphatic hydroxyl groups excluding tert-OH is 1. The summed E-state index contributed by atoms with van der Waals surface area (Å²) in [5.41, 5.74) is 2.44. The molecular formula is C36H43N5O7Si. The average molecular weight is 686 g/mol. The molecule has 2 aliphatic rings. The Balaban J connectivity index is 1.29. The van der Waals surface area contributed by atoms with Crippen molar-refractivity contribution in [3.05, 3.63) is 95.3 Å². The van der Waals surface area contributed by atoms with Gasteiger partial charge < -0.3 is 34.3 Å². The first-order chi connectivity index (χ1) is 23.5. The Labute approximate surface area is 286 Å². The summed E-state index contributed by atoms with van der Waals surface area (Å²) in [5.74, 6) is 0.461. The minimum absolute atomic E-state index is 0.0129. The van der Waals surface area contributed by atoms with Crippen LogP contribution in [0.3, 0.4) is 0 Å². The van der Waals surface area contributed by atoms with E-state index in [4.69, 9.17) is 14.2 Å². The molecule has 0 aliphatic carbocycles. The van der Waals surface area contributed by atoms with Crippen molar-refractivity contribution in [2.24, 2.45) is 5.92 Å². The van der Waals surface area contributed by atoms with Gasteiger partial charge in [-0.3, -0.25) is 14.3 Å². The first kappa shape index (κ1) is 34.3. The van der Waals surface area contributed by atoms with Gasteiger partial charge in [-0.1, -0.05) is 24.3 Å². The summed E-state index contributed by atoms with van der Waals surface area (Å²) >= 11 is 0. The summed E-state index contributed by atoms with van der Waals surface area (Å²) in [5, 5.41) is 20.6. The Morgan fingerprint density at radius 2 is 1.80 bits per heavy atom. The second-order valence-corrected chi connectivity index (χ2v) is 17.2. The second kappa shape index (κ2) is 13.7. The van der Waals surface area contributed by atoms with Crippen LogP contribution < -0.4 is 19.7 Å². The standard InChI is InChI=1S/C36H43N5O7Si/c1-23-33(49(4,5)45)32(15-17-40-22-27(16-18-42)38-39-40)48-36(23)30-20-29(47-3)13-14-31(30)41(35(36)44)21-24-7-6-8-26(19-24)37-34(43)25-9-11-28(46-2)12-10-25/h6-14,19-20,22-23,32-33,42,45H,15-18,21H2,1-5H3,(H,37,43)/t23-,32+,33-,36+/m1/s1. The number of carbonyl (C=O) groups is 2. The minimum Gasteiger partial charge on any atom is -0.497 e. The number of anilines is 2. The molecule has 1 fully saturated rings. The molecule has 13 heteroatoms. The third-order valence-corrected chi connectivity index (χ3v) is 12.2. The number of hydrogen-bond acceptors (Lipinski definition) is 9. The Kier molecular flexibility index (Phi) is 9.62. The summed E-state index contributed by atoms with van der Waals surface area (Å²) in [4.78, 5) is 41.2. The highest BCUT2D eigenvalue weighted by molar-refractivity contribution is 6.71. The van der Waals surface area contributed by atoms with E-state index in [1.807, 2.05) is 62.5 Å². The monoisotopic (exact) mass is 685 g/mol. The van der Waals surface area contributed by atoms with Gasteiger partial charge in [0.05, 0.1) is 38.2 Å². The zero-order valence-electron chi connectivity index (χ0n) is 28.4. The van der Waals surface area contributed by atoms with Gasteiger partial charge in [0.2, 0.25) is 0 Å². The molecule has 3 N–H and O–H groups in total. The topological polar surface area (TPSA) is 148 Å². The molecular weight excluding hydrogens is 643 g/mol. The number of rotatable bonds is 12. The van der Waals surface area contributed by atoms with Crippen molar-refractivity contribution in [3.8, 4) is 11.5 Å². The third kappa shape index (κ3) is 6.58. The number of amides is 2. The normalized spacial score (nSPS) is 21.7. The lowest BCUT2D eigenvalue weighted by molar-refractivity contribution is -0.146. The number of nitrogens with one attached hydrogen (secondary N) is 1. The minimum atomic E-state index is -2.87. The Morgan fingerprint density at radius 3 is 2.49 bits per heavy atom. The lowest BCUT2D eigenvalue weighted by Gasteiger charge is -2.32. The number of aliphatic hydroxyl groups is 1. The van der Waals surface area contributed by atoms with Gasteiger partial charge in [0.15, 0.2) is 13.9 Å². The summed E-state index contributed by atoms with van der Waals surface area (Å²) in [6.07, 6.45) is 2.31. The summed E-state index contributed by atoms with van der Waals surface area (Å²) in [6.45, 7) is 6.50. The third-order valence-electron chi connectivity index (χ3n) is 9.67. The molecule has 2 amide bonds. The molecule has 3 heterocycles. The molecule has 0 radical (unpaired) electrons. The molecule has 4 aromatic rings. The molecule has 2 aliphatic heterocycles. The van der Waals surface area contributed by atoms with Crippen molar-refractivity contribution in [1.82, 2.24) is 15.0 Å². The van der Waals surface area contributed by atoms with Crippen molar-refractivity contribution in [2.45, 2.75) is 63.2 Å². The van der Waals surface area contributed by atoms with Crippen LogP contribution >= 0.6 is 0 Å². The van der Waals surface area contributed by atoms with Gasteiger partial charge in [0.1, 0.15) is 11.5 Å². The molecule has 1 aromatic heterocycles. The number of aryl methyl sites for hydroxylation is 1. The van der Waals surface area contributed by atoms with Crippen LogP contribution in [0, 0.1) is 5.92 Å².